The summed E-state index contributed by atoms with van der Waals surface area (Å²) in [6, 6.07) is 8.09. The molecular formula is C20H21F3N4O3. The molecule has 1 heterocycles. The third-order valence-electron chi connectivity index (χ3n) is 4.60. The number of anilines is 3. The molecule has 3 N–H and O–H groups in total. The number of carboxylic acid groups (broad SMARTS) is 1. The van der Waals surface area contributed by atoms with Crippen LogP contribution >= 0.6 is 0 Å². The molecule has 30 heavy (non-hydrogen) atoms. The molecule has 3 rings (SSSR count). The van der Waals surface area contributed by atoms with Crippen LogP contribution in [0.15, 0.2) is 36.4 Å². The highest BCUT2D eigenvalue weighted by molar-refractivity contribution is 6.00. The van der Waals surface area contributed by atoms with E-state index in [1.54, 1.807) is 13.2 Å². The van der Waals surface area contributed by atoms with Gasteiger partial charge < -0.3 is 25.0 Å². The second kappa shape index (κ2) is 8.62. The van der Waals surface area contributed by atoms with E-state index >= 15 is 0 Å². The van der Waals surface area contributed by atoms with Gasteiger partial charge in [-0.2, -0.15) is 13.2 Å². The molecule has 0 atom stereocenters. The number of alkyl halides is 3. The van der Waals surface area contributed by atoms with Gasteiger partial charge in [-0.25, -0.2) is 9.78 Å². The molecule has 3 aromatic rings. The number of aromatic amines is 1. The van der Waals surface area contributed by atoms with Gasteiger partial charge in [-0.15, -0.1) is 0 Å². The van der Waals surface area contributed by atoms with Crippen molar-refractivity contribution >= 4 is 34.3 Å². The lowest BCUT2D eigenvalue weighted by Gasteiger charge is -2.24. The fourth-order valence-electron chi connectivity index (χ4n) is 3.15. The SMILES string of the molecule is CCN(CCOC)c1cc2[nH]c(Nc3ccccc3C(F)(F)F)nc2cc1C(=O)O. The smallest absolute Gasteiger partial charge is 0.418 e. The van der Waals surface area contributed by atoms with Crippen LogP contribution in [-0.2, 0) is 10.9 Å². The van der Waals surface area contributed by atoms with Crippen molar-refractivity contribution in [1.29, 1.82) is 0 Å². The number of halogens is 3. The first kappa shape index (κ1) is 21.4. The Kier molecular flexibility index (Phi) is 6.16. The van der Waals surface area contributed by atoms with E-state index in [0.29, 0.717) is 36.4 Å². The van der Waals surface area contributed by atoms with Crippen molar-refractivity contribution in [1.82, 2.24) is 9.97 Å². The normalized spacial score (nSPS) is 11.6. The zero-order chi connectivity index (χ0) is 21.9. The van der Waals surface area contributed by atoms with Crippen LogP contribution < -0.4 is 10.2 Å². The number of methoxy groups -OCH3 is 1. The second-order valence-corrected chi connectivity index (χ2v) is 6.52. The van der Waals surface area contributed by atoms with Gasteiger partial charge in [0.25, 0.3) is 0 Å². The van der Waals surface area contributed by atoms with Crippen LogP contribution in [0, 0.1) is 0 Å². The van der Waals surface area contributed by atoms with Crippen molar-refractivity contribution in [3.63, 3.8) is 0 Å². The third kappa shape index (κ3) is 4.48. The number of H-pyrrole nitrogens is 1. The molecule has 0 saturated carbocycles. The Morgan fingerprint density at radius 2 is 2.03 bits per heavy atom. The average Bonchev–Trinajstić information content (AvgIpc) is 3.08. The van der Waals surface area contributed by atoms with Gasteiger partial charge in [-0.3, -0.25) is 0 Å². The molecule has 0 saturated heterocycles. The lowest BCUT2D eigenvalue weighted by atomic mass is 10.1. The number of hydrogen-bond donors (Lipinski definition) is 3. The van der Waals surface area contributed by atoms with Crippen LogP contribution in [0.3, 0.4) is 0 Å². The number of carbonyl (C=O) groups is 1. The van der Waals surface area contributed by atoms with Gasteiger partial charge in [0, 0.05) is 20.2 Å². The van der Waals surface area contributed by atoms with E-state index in [1.807, 2.05) is 11.8 Å². The van der Waals surface area contributed by atoms with E-state index in [-0.39, 0.29) is 17.2 Å². The fourth-order valence-corrected chi connectivity index (χ4v) is 3.15. The van der Waals surface area contributed by atoms with Gasteiger partial charge in [0.2, 0.25) is 5.95 Å². The summed E-state index contributed by atoms with van der Waals surface area (Å²) >= 11 is 0. The molecule has 7 nitrogen and oxygen atoms in total. The predicted molar refractivity (Wildman–Crippen MR) is 108 cm³/mol. The molecule has 0 radical (unpaired) electrons. The number of benzene rings is 2. The maximum absolute atomic E-state index is 13.2. The standard InChI is InChI=1S/C20H21F3N4O3/c1-3-27(8-9-30-2)17-11-16-15(10-12(17)18(28)29)25-19(26-16)24-14-7-5-4-6-13(14)20(21,22)23/h4-7,10-11H,3,8-9H2,1-2H3,(H,28,29)(H2,24,25,26). The number of para-hydroxylation sites is 1. The minimum absolute atomic E-state index is 0.0502. The van der Waals surface area contributed by atoms with E-state index in [9.17, 15) is 23.1 Å². The highest BCUT2D eigenvalue weighted by Gasteiger charge is 2.33. The molecule has 0 unspecified atom stereocenters. The van der Waals surface area contributed by atoms with Crippen LogP contribution in [0.25, 0.3) is 11.0 Å². The van der Waals surface area contributed by atoms with Gasteiger partial charge in [-0.1, -0.05) is 12.1 Å². The number of aromatic carboxylic acids is 1. The Morgan fingerprint density at radius 1 is 1.30 bits per heavy atom. The molecule has 0 amide bonds. The van der Waals surface area contributed by atoms with Gasteiger partial charge in [0.15, 0.2) is 0 Å². The van der Waals surface area contributed by atoms with Crippen LogP contribution in [0.5, 0.6) is 0 Å². The molecule has 0 bridgehead atoms. The Morgan fingerprint density at radius 3 is 2.67 bits per heavy atom. The lowest BCUT2D eigenvalue weighted by molar-refractivity contribution is -0.136. The highest BCUT2D eigenvalue weighted by Crippen LogP contribution is 2.36. The van der Waals surface area contributed by atoms with E-state index in [1.165, 1.54) is 24.3 Å². The number of nitrogens with zero attached hydrogens (tertiary/aromatic N) is 2. The molecule has 0 aliphatic heterocycles. The van der Waals surface area contributed by atoms with Crippen molar-refractivity contribution in [2.24, 2.45) is 0 Å². The summed E-state index contributed by atoms with van der Waals surface area (Å²) in [5, 5.41) is 12.3. The van der Waals surface area contributed by atoms with Crippen LogP contribution in [0.4, 0.5) is 30.5 Å². The zero-order valence-electron chi connectivity index (χ0n) is 16.4. The molecule has 2 aromatic carbocycles. The second-order valence-electron chi connectivity index (χ2n) is 6.52. The van der Waals surface area contributed by atoms with Crippen molar-refractivity contribution in [3.05, 3.63) is 47.5 Å². The lowest BCUT2D eigenvalue weighted by Crippen LogP contribution is -2.28. The quantitative estimate of drug-likeness (QED) is 0.495. The molecule has 10 heteroatoms. The van der Waals surface area contributed by atoms with Gasteiger partial charge in [0.05, 0.1) is 40.1 Å². The number of ether oxygens (including phenoxy) is 1. The number of fused-ring (bicyclic) bond motifs is 1. The van der Waals surface area contributed by atoms with Gasteiger partial charge in [0.1, 0.15) is 0 Å². The van der Waals surface area contributed by atoms with E-state index in [0.717, 1.165) is 6.07 Å². The average molecular weight is 422 g/mol. The summed E-state index contributed by atoms with van der Waals surface area (Å²) in [6.07, 6.45) is -4.53. The zero-order valence-corrected chi connectivity index (χ0v) is 16.4. The summed E-state index contributed by atoms with van der Waals surface area (Å²) in [7, 11) is 1.56. The maximum atomic E-state index is 13.2. The number of carboxylic acids is 1. The number of imidazole rings is 1. The maximum Gasteiger partial charge on any atom is 0.418 e. The van der Waals surface area contributed by atoms with E-state index in [4.69, 9.17) is 4.74 Å². The van der Waals surface area contributed by atoms with E-state index in [2.05, 4.69) is 15.3 Å². The van der Waals surface area contributed by atoms with Crippen LogP contribution in [0.2, 0.25) is 0 Å². The van der Waals surface area contributed by atoms with Crippen LogP contribution in [-0.4, -0.2) is 47.8 Å². The molecule has 0 aliphatic carbocycles. The highest BCUT2D eigenvalue weighted by atomic mass is 19.4. The third-order valence-corrected chi connectivity index (χ3v) is 4.60. The number of likely N-dealkylation sites (N-methyl/N-ethyl adjacent to an activating group) is 1. The monoisotopic (exact) mass is 422 g/mol. The van der Waals surface area contributed by atoms with Crippen molar-refractivity contribution < 1.29 is 27.8 Å². The van der Waals surface area contributed by atoms with Crippen molar-refractivity contribution in [2.75, 3.05) is 37.0 Å². The fraction of sp³-hybridized carbons (Fsp3) is 0.300. The van der Waals surface area contributed by atoms with Crippen molar-refractivity contribution in [3.8, 4) is 0 Å². The summed E-state index contributed by atoms with van der Waals surface area (Å²) in [5.74, 6) is -1.04. The number of rotatable bonds is 8. The summed E-state index contributed by atoms with van der Waals surface area (Å²) in [5.41, 5.74) is 0.366. The first-order chi connectivity index (χ1) is 14.2. The first-order valence-electron chi connectivity index (χ1n) is 9.18. The summed E-state index contributed by atoms with van der Waals surface area (Å²) in [4.78, 5) is 20.8. The Bertz CT molecular complexity index is 1050. The molecule has 0 aliphatic rings. The Labute approximate surface area is 170 Å². The summed E-state index contributed by atoms with van der Waals surface area (Å²) in [6.45, 7) is 3.33. The molecular weight excluding hydrogens is 401 g/mol. The first-order valence-corrected chi connectivity index (χ1v) is 9.18. The topological polar surface area (TPSA) is 90.5 Å². The summed E-state index contributed by atoms with van der Waals surface area (Å²) < 4.78 is 44.8. The molecule has 160 valence electrons. The Balaban J connectivity index is 2.02. The minimum atomic E-state index is -4.53. The predicted octanol–water partition coefficient (Wildman–Crippen LogP) is 4.50. The minimum Gasteiger partial charge on any atom is -0.478 e. The number of aromatic nitrogens is 2. The number of nitrogens with one attached hydrogen (secondary N) is 2. The Hall–Kier alpha value is -3.27. The van der Waals surface area contributed by atoms with Crippen molar-refractivity contribution in [2.45, 2.75) is 13.1 Å². The molecule has 0 spiro atoms. The van der Waals surface area contributed by atoms with Crippen LogP contribution in [0.1, 0.15) is 22.8 Å². The largest absolute Gasteiger partial charge is 0.478 e. The molecule has 1 aromatic heterocycles. The number of hydrogen-bond acceptors (Lipinski definition) is 5. The van der Waals surface area contributed by atoms with Gasteiger partial charge in [-0.05, 0) is 31.2 Å². The van der Waals surface area contributed by atoms with E-state index < -0.39 is 17.7 Å². The van der Waals surface area contributed by atoms with Gasteiger partial charge >= 0.3 is 12.1 Å². The molecule has 0 fully saturated rings.